The van der Waals surface area contributed by atoms with Gasteiger partial charge in [-0.2, -0.15) is 0 Å². The van der Waals surface area contributed by atoms with Crippen LogP contribution in [0.4, 0.5) is 10.5 Å². The van der Waals surface area contributed by atoms with E-state index in [1.807, 2.05) is 26.0 Å². The zero-order valence-electron chi connectivity index (χ0n) is 16.2. The number of nitrogens with one attached hydrogen (secondary N) is 2. The van der Waals surface area contributed by atoms with Crippen LogP contribution in [0.2, 0.25) is 0 Å². The summed E-state index contributed by atoms with van der Waals surface area (Å²) in [7, 11) is 0. The molecule has 2 amide bonds. The second-order valence-corrected chi connectivity index (χ2v) is 6.34. The highest BCUT2D eigenvalue weighted by molar-refractivity contribution is 6.04. The molecular formula is C21H24N2O5. The van der Waals surface area contributed by atoms with Crippen LogP contribution in [0, 0.1) is 5.92 Å². The molecule has 0 saturated heterocycles. The van der Waals surface area contributed by atoms with Crippen molar-refractivity contribution in [2.24, 2.45) is 5.92 Å². The molecular weight excluding hydrogens is 360 g/mol. The third-order valence-electron chi connectivity index (χ3n) is 3.76. The highest BCUT2D eigenvalue weighted by atomic mass is 16.7. The van der Waals surface area contributed by atoms with Crippen molar-refractivity contribution in [3.05, 3.63) is 59.7 Å². The van der Waals surface area contributed by atoms with Crippen molar-refractivity contribution < 1.29 is 23.9 Å². The summed E-state index contributed by atoms with van der Waals surface area (Å²) in [5.74, 6) is -0.123. The Morgan fingerprint density at radius 1 is 1.04 bits per heavy atom. The van der Waals surface area contributed by atoms with Gasteiger partial charge in [-0.1, -0.05) is 26.0 Å². The Bertz CT molecular complexity index is 831. The summed E-state index contributed by atoms with van der Waals surface area (Å²) in [5.41, 5.74) is 1.91. The SMILES string of the molecule is CCOC(=O)Oc1ccc(C(=O)Nc2cccc(CNC(=O)C(C)C)c2)cc1. The number of carbonyl (C=O) groups excluding carboxylic acids is 3. The van der Waals surface area contributed by atoms with E-state index in [9.17, 15) is 14.4 Å². The molecule has 2 aromatic carbocycles. The minimum Gasteiger partial charge on any atom is -0.434 e. The first kappa shape index (κ1) is 21.0. The van der Waals surface area contributed by atoms with Crippen molar-refractivity contribution in [1.82, 2.24) is 5.32 Å². The van der Waals surface area contributed by atoms with Crippen LogP contribution in [-0.4, -0.2) is 24.6 Å². The van der Waals surface area contributed by atoms with Gasteiger partial charge >= 0.3 is 6.16 Å². The molecule has 0 bridgehead atoms. The third kappa shape index (κ3) is 6.42. The smallest absolute Gasteiger partial charge is 0.434 e. The van der Waals surface area contributed by atoms with Gasteiger partial charge in [0.05, 0.1) is 6.61 Å². The van der Waals surface area contributed by atoms with Gasteiger partial charge in [0.2, 0.25) is 5.91 Å². The fraction of sp³-hybridized carbons (Fsp3) is 0.286. The fourth-order valence-corrected chi connectivity index (χ4v) is 2.27. The largest absolute Gasteiger partial charge is 0.513 e. The lowest BCUT2D eigenvalue weighted by atomic mass is 10.1. The predicted octanol–water partition coefficient (Wildman–Crippen LogP) is 3.75. The minimum absolute atomic E-state index is 0.0282. The zero-order valence-corrected chi connectivity index (χ0v) is 16.2. The quantitative estimate of drug-likeness (QED) is 0.560. The highest BCUT2D eigenvalue weighted by Crippen LogP contribution is 2.16. The lowest BCUT2D eigenvalue weighted by Crippen LogP contribution is -2.27. The summed E-state index contributed by atoms with van der Waals surface area (Å²) in [5, 5.41) is 5.64. The summed E-state index contributed by atoms with van der Waals surface area (Å²) in [6.45, 7) is 5.95. The van der Waals surface area contributed by atoms with Crippen LogP contribution < -0.4 is 15.4 Å². The Hall–Kier alpha value is -3.35. The first-order chi connectivity index (χ1) is 13.4. The normalized spacial score (nSPS) is 10.3. The van der Waals surface area contributed by atoms with E-state index in [-0.39, 0.29) is 30.1 Å². The van der Waals surface area contributed by atoms with Crippen molar-refractivity contribution in [3.8, 4) is 5.75 Å². The molecule has 7 nitrogen and oxygen atoms in total. The monoisotopic (exact) mass is 384 g/mol. The molecule has 0 aliphatic rings. The van der Waals surface area contributed by atoms with Crippen molar-refractivity contribution in [3.63, 3.8) is 0 Å². The van der Waals surface area contributed by atoms with Gasteiger partial charge < -0.3 is 20.1 Å². The first-order valence-corrected chi connectivity index (χ1v) is 9.01. The molecule has 28 heavy (non-hydrogen) atoms. The molecule has 0 aliphatic heterocycles. The topological polar surface area (TPSA) is 93.7 Å². The lowest BCUT2D eigenvalue weighted by Gasteiger charge is -2.10. The molecule has 0 aliphatic carbocycles. The van der Waals surface area contributed by atoms with Crippen LogP contribution >= 0.6 is 0 Å². The number of ether oxygens (including phenoxy) is 2. The maximum atomic E-state index is 12.4. The maximum Gasteiger partial charge on any atom is 0.513 e. The van der Waals surface area contributed by atoms with Gasteiger partial charge in [0.15, 0.2) is 0 Å². The summed E-state index contributed by atoms with van der Waals surface area (Å²) >= 11 is 0. The molecule has 0 atom stereocenters. The molecule has 0 fully saturated rings. The Morgan fingerprint density at radius 3 is 2.39 bits per heavy atom. The van der Waals surface area contributed by atoms with E-state index in [1.54, 1.807) is 31.2 Å². The molecule has 2 N–H and O–H groups in total. The van der Waals surface area contributed by atoms with Gasteiger partial charge in [0, 0.05) is 23.7 Å². The van der Waals surface area contributed by atoms with Gasteiger partial charge in [0.1, 0.15) is 5.75 Å². The number of anilines is 1. The second kappa shape index (κ2) is 10.1. The van der Waals surface area contributed by atoms with Crippen LogP contribution in [0.25, 0.3) is 0 Å². The molecule has 2 aromatic rings. The average Bonchev–Trinajstić information content (AvgIpc) is 2.67. The summed E-state index contributed by atoms with van der Waals surface area (Å²) in [4.78, 5) is 35.4. The summed E-state index contributed by atoms with van der Waals surface area (Å²) in [6.07, 6.45) is -0.791. The Balaban J connectivity index is 1.96. The Kier molecular flexibility index (Phi) is 7.56. The standard InChI is InChI=1S/C21H24N2O5/c1-4-27-21(26)28-18-10-8-16(9-11-18)20(25)23-17-7-5-6-15(12-17)13-22-19(24)14(2)3/h5-12,14H,4,13H2,1-3H3,(H,22,24)(H,23,25). The van der Waals surface area contributed by atoms with Gasteiger partial charge in [-0.3, -0.25) is 9.59 Å². The predicted molar refractivity (Wildman–Crippen MR) is 105 cm³/mol. The molecule has 7 heteroatoms. The van der Waals surface area contributed by atoms with Gasteiger partial charge in [-0.25, -0.2) is 4.79 Å². The molecule has 0 spiro atoms. The number of rotatable bonds is 7. The first-order valence-electron chi connectivity index (χ1n) is 9.01. The van der Waals surface area contributed by atoms with E-state index in [2.05, 4.69) is 10.6 Å². The molecule has 0 saturated carbocycles. The van der Waals surface area contributed by atoms with Crippen LogP contribution in [-0.2, 0) is 16.1 Å². The van der Waals surface area contributed by atoms with E-state index < -0.39 is 6.16 Å². The van der Waals surface area contributed by atoms with Crippen molar-refractivity contribution in [1.29, 1.82) is 0 Å². The summed E-state index contributed by atoms with van der Waals surface area (Å²) in [6, 6.07) is 13.4. The van der Waals surface area contributed by atoms with Gasteiger partial charge in [-0.15, -0.1) is 0 Å². The second-order valence-electron chi connectivity index (χ2n) is 6.34. The highest BCUT2D eigenvalue weighted by Gasteiger charge is 2.10. The number of benzene rings is 2. The zero-order chi connectivity index (χ0) is 20.5. The fourth-order valence-electron chi connectivity index (χ4n) is 2.27. The number of amides is 2. The van der Waals surface area contributed by atoms with E-state index >= 15 is 0 Å². The van der Waals surface area contributed by atoms with Gasteiger partial charge in [-0.05, 0) is 48.9 Å². The minimum atomic E-state index is -0.791. The Morgan fingerprint density at radius 2 is 1.75 bits per heavy atom. The number of hydrogen-bond donors (Lipinski definition) is 2. The third-order valence-corrected chi connectivity index (χ3v) is 3.76. The van der Waals surface area contributed by atoms with E-state index in [0.717, 1.165) is 5.56 Å². The maximum absolute atomic E-state index is 12.4. The van der Waals surface area contributed by atoms with Crippen molar-refractivity contribution >= 4 is 23.7 Å². The molecule has 2 rings (SSSR count). The molecule has 0 radical (unpaired) electrons. The molecule has 0 heterocycles. The van der Waals surface area contributed by atoms with Crippen LogP contribution in [0.1, 0.15) is 36.7 Å². The van der Waals surface area contributed by atoms with Crippen LogP contribution in [0.3, 0.4) is 0 Å². The molecule has 0 unspecified atom stereocenters. The molecule has 148 valence electrons. The van der Waals surface area contributed by atoms with Gasteiger partial charge in [0.25, 0.3) is 5.91 Å². The van der Waals surface area contributed by atoms with E-state index in [0.29, 0.717) is 17.8 Å². The van der Waals surface area contributed by atoms with Crippen LogP contribution in [0.15, 0.2) is 48.5 Å². The van der Waals surface area contributed by atoms with E-state index in [4.69, 9.17) is 9.47 Å². The summed E-state index contributed by atoms with van der Waals surface area (Å²) < 4.78 is 9.65. The lowest BCUT2D eigenvalue weighted by molar-refractivity contribution is -0.124. The van der Waals surface area contributed by atoms with Crippen molar-refractivity contribution in [2.75, 3.05) is 11.9 Å². The molecule has 0 aromatic heterocycles. The number of hydrogen-bond acceptors (Lipinski definition) is 5. The van der Waals surface area contributed by atoms with Crippen LogP contribution in [0.5, 0.6) is 5.75 Å². The van der Waals surface area contributed by atoms with Crippen molar-refractivity contribution in [2.45, 2.75) is 27.3 Å². The Labute approximate surface area is 164 Å². The average molecular weight is 384 g/mol. The number of carbonyl (C=O) groups is 3. The van der Waals surface area contributed by atoms with E-state index in [1.165, 1.54) is 12.1 Å².